The molecule has 0 amide bonds. The molecule has 86 valence electrons. The van der Waals surface area contributed by atoms with Crippen molar-refractivity contribution in [3.8, 4) is 0 Å². The van der Waals surface area contributed by atoms with Gasteiger partial charge in [0.15, 0.2) is 0 Å². The molecule has 2 heterocycles. The molecule has 16 heavy (non-hydrogen) atoms. The molecule has 0 spiro atoms. The van der Waals surface area contributed by atoms with E-state index in [0.29, 0.717) is 6.54 Å². The number of hydrogen-bond acceptors (Lipinski definition) is 4. The molecule has 4 nitrogen and oxygen atoms in total. The molecule has 0 saturated carbocycles. The number of aromatic nitrogens is 3. The first kappa shape index (κ1) is 11.6. The zero-order chi connectivity index (χ0) is 11.5. The summed E-state index contributed by atoms with van der Waals surface area (Å²) in [5.74, 6) is 0.925. The predicted octanol–water partition coefficient (Wildman–Crippen LogP) is 2.38. The lowest BCUT2D eigenvalue weighted by atomic mass is 10.3. The van der Waals surface area contributed by atoms with Crippen LogP contribution in [0, 0.1) is 0 Å². The summed E-state index contributed by atoms with van der Waals surface area (Å²) in [5, 5.41) is 11.2. The van der Waals surface area contributed by atoms with Crippen LogP contribution in [-0.2, 0) is 13.6 Å². The van der Waals surface area contributed by atoms with Crippen LogP contribution in [0.4, 0.5) is 0 Å². The van der Waals surface area contributed by atoms with Crippen molar-refractivity contribution in [3.05, 3.63) is 33.5 Å². The number of halogens is 1. The highest BCUT2D eigenvalue weighted by Gasteiger charge is 2.09. The smallest absolute Gasteiger partial charge is 0.146 e. The Morgan fingerprint density at radius 1 is 1.56 bits per heavy atom. The van der Waals surface area contributed by atoms with Gasteiger partial charge in [0, 0.05) is 18.0 Å². The van der Waals surface area contributed by atoms with E-state index in [9.17, 15) is 0 Å². The lowest BCUT2D eigenvalue weighted by Gasteiger charge is -2.11. The Morgan fingerprint density at radius 3 is 2.94 bits per heavy atom. The molecule has 2 aromatic rings. The highest BCUT2D eigenvalue weighted by molar-refractivity contribution is 7.16. The fraction of sp³-hybridized carbons (Fsp3) is 0.400. The van der Waals surface area contributed by atoms with Crippen molar-refractivity contribution in [3.63, 3.8) is 0 Å². The van der Waals surface area contributed by atoms with E-state index in [1.807, 2.05) is 23.7 Å². The number of aryl methyl sites for hydroxylation is 1. The molecule has 0 radical (unpaired) electrons. The molecule has 6 heteroatoms. The Kier molecular flexibility index (Phi) is 3.58. The summed E-state index contributed by atoms with van der Waals surface area (Å²) >= 11 is 7.49. The van der Waals surface area contributed by atoms with Crippen LogP contribution in [0.3, 0.4) is 0 Å². The van der Waals surface area contributed by atoms with Gasteiger partial charge in [-0.15, -0.1) is 21.5 Å². The summed E-state index contributed by atoms with van der Waals surface area (Å²) in [6.45, 7) is 2.81. The van der Waals surface area contributed by atoms with E-state index in [4.69, 9.17) is 11.6 Å². The minimum Gasteiger partial charge on any atom is -0.320 e. The predicted molar refractivity (Wildman–Crippen MR) is 65.6 cm³/mol. The van der Waals surface area contributed by atoms with E-state index in [1.54, 1.807) is 17.7 Å². The van der Waals surface area contributed by atoms with Gasteiger partial charge in [0.1, 0.15) is 12.2 Å². The SMILES string of the molecule is CC(NCc1nncn1C)c1ccc(Cl)s1. The molecule has 2 aromatic heterocycles. The summed E-state index contributed by atoms with van der Waals surface area (Å²) in [7, 11) is 1.93. The van der Waals surface area contributed by atoms with Crippen LogP contribution >= 0.6 is 22.9 Å². The van der Waals surface area contributed by atoms with Gasteiger partial charge in [0.05, 0.1) is 10.9 Å². The fourth-order valence-corrected chi connectivity index (χ4v) is 2.46. The van der Waals surface area contributed by atoms with Crippen LogP contribution in [-0.4, -0.2) is 14.8 Å². The van der Waals surface area contributed by atoms with Crippen molar-refractivity contribution in [2.45, 2.75) is 19.5 Å². The number of hydrogen-bond donors (Lipinski definition) is 1. The van der Waals surface area contributed by atoms with Gasteiger partial charge in [-0.25, -0.2) is 0 Å². The number of thiophene rings is 1. The molecule has 0 aliphatic heterocycles. The largest absolute Gasteiger partial charge is 0.320 e. The van der Waals surface area contributed by atoms with Gasteiger partial charge in [-0.05, 0) is 19.1 Å². The third-order valence-corrected chi connectivity index (χ3v) is 3.81. The highest BCUT2D eigenvalue weighted by atomic mass is 35.5. The monoisotopic (exact) mass is 256 g/mol. The van der Waals surface area contributed by atoms with E-state index in [-0.39, 0.29) is 6.04 Å². The Bertz CT molecular complexity index is 465. The molecule has 0 fully saturated rings. The summed E-state index contributed by atoms with van der Waals surface area (Å²) in [4.78, 5) is 1.23. The van der Waals surface area contributed by atoms with Crippen molar-refractivity contribution in [2.24, 2.45) is 7.05 Å². The zero-order valence-electron chi connectivity index (χ0n) is 9.14. The van der Waals surface area contributed by atoms with Crippen molar-refractivity contribution in [1.29, 1.82) is 0 Å². The maximum absolute atomic E-state index is 5.89. The molecule has 0 aliphatic rings. The Balaban J connectivity index is 1.93. The molecule has 0 aliphatic carbocycles. The summed E-state index contributed by atoms with van der Waals surface area (Å²) in [6, 6.07) is 4.23. The zero-order valence-corrected chi connectivity index (χ0v) is 10.7. The molecule has 0 aromatic carbocycles. The summed E-state index contributed by atoms with van der Waals surface area (Å²) < 4.78 is 2.73. The van der Waals surface area contributed by atoms with Crippen molar-refractivity contribution in [1.82, 2.24) is 20.1 Å². The van der Waals surface area contributed by atoms with Gasteiger partial charge < -0.3 is 9.88 Å². The number of nitrogens with one attached hydrogen (secondary N) is 1. The van der Waals surface area contributed by atoms with Crippen LogP contribution < -0.4 is 5.32 Å². The minimum absolute atomic E-state index is 0.272. The standard InChI is InChI=1S/C10H13ClN4S/c1-7(8-3-4-9(11)16-8)12-5-10-14-13-6-15(10)2/h3-4,6-7,12H,5H2,1-2H3. The second kappa shape index (κ2) is 4.95. The molecule has 1 N–H and O–H groups in total. The first-order chi connectivity index (χ1) is 7.66. The molecular formula is C10H13ClN4S. The summed E-state index contributed by atoms with van der Waals surface area (Å²) in [6.07, 6.45) is 1.70. The van der Waals surface area contributed by atoms with Crippen LogP contribution in [0.25, 0.3) is 0 Å². The van der Waals surface area contributed by atoms with Gasteiger partial charge in [0.2, 0.25) is 0 Å². The lowest BCUT2D eigenvalue weighted by Crippen LogP contribution is -2.19. The molecule has 1 atom stereocenters. The maximum atomic E-state index is 5.89. The molecule has 0 bridgehead atoms. The summed E-state index contributed by atoms with van der Waals surface area (Å²) in [5.41, 5.74) is 0. The van der Waals surface area contributed by atoms with Crippen molar-refractivity contribution >= 4 is 22.9 Å². The van der Waals surface area contributed by atoms with Gasteiger partial charge in [-0.2, -0.15) is 0 Å². The number of rotatable bonds is 4. The second-order valence-electron chi connectivity index (χ2n) is 3.60. The Hall–Kier alpha value is -0.910. The van der Waals surface area contributed by atoms with Crippen LogP contribution in [0.5, 0.6) is 0 Å². The van der Waals surface area contributed by atoms with Crippen molar-refractivity contribution < 1.29 is 0 Å². The van der Waals surface area contributed by atoms with Crippen molar-refractivity contribution in [2.75, 3.05) is 0 Å². The van der Waals surface area contributed by atoms with E-state index < -0.39 is 0 Å². The number of nitrogens with zero attached hydrogens (tertiary/aromatic N) is 3. The quantitative estimate of drug-likeness (QED) is 0.913. The fourth-order valence-electron chi connectivity index (χ4n) is 1.37. The van der Waals surface area contributed by atoms with Crippen LogP contribution in [0.15, 0.2) is 18.5 Å². The van der Waals surface area contributed by atoms with E-state index in [1.165, 1.54) is 4.88 Å². The third kappa shape index (κ3) is 2.61. The molecule has 0 saturated heterocycles. The Morgan fingerprint density at radius 2 is 2.38 bits per heavy atom. The highest BCUT2D eigenvalue weighted by Crippen LogP contribution is 2.26. The average molecular weight is 257 g/mol. The maximum Gasteiger partial charge on any atom is 0.146 e. The van der Waals surface area contributed by atoms with Gasteiger partial charge in [-0.1, -0.05) is 11.6 Å². The molecule has 2 rings (SSSR count). The van der Waals surface area contributed by atoms with E-state index in [0.717, 1.165) is 10.2 Å². The minimum atomic E-state index is 0.272. The second-order valence-corrected chi connectivity index (χ2v) is 5.35. The van der Waals surface area contributed by atoms with E-state index in [2.05, 4.69) is 22.4 Å². The lowest BCUT2D eigenvalue weighted by molar-refractivity contribution is 0.555. The Labute approximate surface area is 103 Å². The molecule has 1 unspecified atom stereocenters. The molecular weight excluding hydrogens is 244 g/mol. The third-order valence-electron chi connectivity index (χ3n) is 2.39. The first-order valence-corrected chi connectivity index (χ1v) is 6.18. The first-order valence-electron chi connectivity index (χ1n) is 4.98. The normalized spacial score (nSPS) is 12.9. The van der Waals surface area contributed by atoms with Crippen LogP contribution in [0.2, 0.25) is 4.34 Å². The van der Waals surface area contributed by atoms with E-state index >= 15 is 0 Å². The van der Waals surface area contributed by atoms with Gasteiger partial charge in [0.25, 0.3) is 0 Å². The van der Waals surface area contributed by atoms with Gasteiger partial charge >= 0.3 is 0 Å². The van der Waals surface area contributed by atoms with Gasteiger partial charge in [-0.3, -0.25) is 0 Å². The van der Waals surface area contributed by atoms with Crippen LogP contribution in [0.1, 0.15) is 23.7 Å². The topological polar surface area (TPSA) is 42.7 Å². The average Bonchev–Trinajstić information content (AvgIpc) is 2.84.